The molecule has 1 aromatic rings. The minimum Gasteiger partial charge on any atom is -0.480 e. The molecule has 7 nitrogen and oxygen atoms in total. The Kier molecular flexibility index (Phi) is 9.59. The van der Waals surface area contributed by atoms with Gasteiger partial charge in [-0.25, -0.2) is 4.79 Å². The smallest absolute Gasteiger partial charge is 0.326 e. The van der Waals surface area contributed by atoms with Crippen LogP contribution in [0.5, 0.6) is 0 Å². The standard InChI is InChI=1S/C24H31Cl2N3O4/c25-19-8-6-18(17-20(19)26)7-9-22(30)28-14-10-23(31)29(16-15-28)21(24(32)33)5-4-13-27-11-2-1-3-12-27/h6-9,17,21H,1-5,10-16H2,(H,32,33). The molecule has 1 unspecified atom stereocenters. The second-order valence-corrected chi connectivity index (χ2v) is 9.38. The van der Waals surface area contributed by atoms with Crippen molar-refractivity contribution in [1.29, 1.82) is 0 Å². The summed E-state index contributed by atoms with van der Waals surface area (Å²) < 4.78 is 0. The zero-order valence-corrected chi connectivity index (χ0v) is 20.2. The van der Waals surface area contributed by atoms with Gasteiger partial charge in [-0.1, -0.05) is 35.7 Å². The van der Waals surface area contributed by atoms with Gasteiger partial charge in [0.2, 0.25) is 11.8 Å². The number of aliphatic carboxylic acids is 1. The van der Waals surface area contributed by atoms with Crippen molar-refractivity contribution in [2.24, 2.45) is 0 Å². The van der Waals surface area contributed by atoms with Crippen LogP contribution in [-0.4, -0.2) is 82.9 Å². The van der Waals surface area contributed by atoms with Gasteiger partial charge in [0.05, 0.1) is 10.0 Å². The van der Waals surface area contributed by atoms with Gasteiger partial charge in [0.25, 0.3) is 0 Å². The summed E-state index contributed by atoms with van der Waals surface area (Å²) >= 11 is 11.9. The Morgan fingerprint density at radius 2 is 1.79 bits per heavy atom. The van der Waals surface area contributed by atoms with Crippen molar-refractivity contribution in [1.82, 2.24) is 14.7 Å². The third kappa shape index (κ3) is 7.45. The molecule has 1 atom stereocenters. The van der Waals surface area contributed by atoms with Crippen LogP contribution in [0.25, 0.3) is 6.08 Å². The van der Waals surface area contributed by atoms with Crippen LogP contribution in [0.1, 0.15) is 44.1 Å². The van der Waals surface area contributed by atoms with Gasteiger partial charge < -0.3 is 19.8 Å². The fraction of sp³-hybridized carbons (Fsp3) is 0.542. The molecular weight excluding hydrogens is 465 g/mol. The van der Waals surface area contributed by atoms with Crippen molar-refractivity contribution in [3.63, 3.8) is 0 Å². The zero-order valence-electron chi connectivity index (χ0n) is 18.7. The van der Waals surface area contributed by atoms with E-state index in [2.05, 4.69) is 4.90 Å². The normalized spacial score (nSPS) is 19.0. The molecule has 0 aliphatic carbocycles. The largest absolute Gasteiger partial charge is 0.480 e. The quantitative estimate of drug-likeness (QED) is 0.554. The van der Waals surface area contributed by atoms with Gasteiger partial charge in [-0.2, -0.15) is 0 Å². The maximum Gasteiger partial charge on any atom is 0.326 e. The number of halogens is 2. The lowest BCUT2D eigenvalue weighted by Gasteiger charge is -2.30. The number of hydrogen-bond acceptors (Lipinski definition) is 4. The predicted molar refractivity (Wildman–Crippen MR) is 129 cm³/mol. The molecule has 1 aromatic carbocycles. The average Bonchev–Trinajstić information content (AvgIpc) is 2.99. The molecule has 180 valence electrons. The Bertz CT molecular complexity index is 886. The predicted octanol–water partition coefficient (Wildman–Crippen LogP) is 3.79. The number of amides is 2. The number of carboxylic acid groups (broad SMARTS) is 1. The molecule has 2 heterocycles. The Balaban J connectivity index is 1.56. The van der Waals surface area contributed by atoms with E-state index in [4.69, 9.17) is 23.2 Å². The summed E-state index contributed by atoms with van der Waals surface area (Å²) in [6.45, 7) is 3.76. The number of hydrogen-bond donors (Lipinski definition) is 1. The number of carbonyl (C=O) groups excluding carboxylic acids is 2. The number of benzene rings is 1. The minimum absolute atomic E-state index is 0.113. The lowest BCUT2D eigenvalue weighted by molar-refractivity contribution is -0.150. The molecular formula is C24H31Cl2N3O4. The maximum atomic E-state index is 12.7. The first kappa shape index (κ1) is 25.5. The third-order valence-corrected chi connectivity index (χ3v) is 7.00. The number of carboxylic acids is 1. The summed E-state index contributed by atoms with van der Waals surface area (Å²) in [6.07, 6.45) is 7.99. The summed E-state index contributed by atoms with van der Waals surface area (Å²) in [5, 5.41) is 10.6. The molecule has 0 spiro atoms. The van der Waals surface area contributed by atoms with E-state index < -0.39 is 12.0 Å². The highest BCUT2D eigenvalue weighted by atomic mass is 35.5. The van der Waals surface area contributed by atoms with Crippen LogP contribution < -0.4 is 0 Å². The molecule has 1 N–H and O–H groups in total. The van der Waals surface area contributed by atoms with Crippen LogP contribution in [0.15, 0.2) is 24.3 Å². The number of carbonyl (C=O) groups is 3. The molecule has 0 saturated carbocycles. The molecule has 0 bridgehead atoms. The van der Waals surface area contributed by atoms with Crippen molar-refractivity contribution in [3.8, 4) is 0 Å². The monoisotopic (exact) mass is 495 g/mol. The molecule has 0 aromatic heterocycles. The minimum atomic E-state index is -0.985. The van der Waals surface area contributed by atoms with Crippen LogP contribution in [0.4, 0.5) is 0 Å². The van der Waals surface area contributed by atoms with Gasteiger partial charge in [-0.3, -0.25) is 9.59 Å². The van der Waals surface area contributed by atoms with E-state index in [1.807, 2.05) is 0 Å². The lowest BCUT2D eigenvalue weighted by atomic mass is 10.1. The molecule has 3 rings (SSSR count). The summed E-state index contributed by atoms with van der Waals surface area (Å²) in [7, 11) is 0. The first-order chi connectivity index (χ1) is 15.8. The molecule has 2 aliphatic heterocycles. The van der Waals surface area contributed by atoms with Crippen LogP contribution in [-0.2, 0) is 14.4 Å². The molecule has 2 fully saturated rings. The fourth-order valence-electron chi connectivity index (χ4n) is 4.38. The van der Waals surface area contributed by atoms with Gasteiger partial charge in [0.15, 0.2) is 0 Å². The number of likely N-dealkylation sites (tertiary alicyclic amines) is 1. The zero-order chi connectivity index (χ0) is 23.8. The van der Waals surface area contributed by atoms with E-state index in [9.17, 15) is 19.5 Å². The summed E-state index contributed by atoms with van der Waals surface area (Å²) in [5.41, 5.74) is 0.741. The summed E-state index contributed by atoms with van der Waals surface area (Å²) in [5.74, 6) is -1.43. The fourth-order valence-corrected chi connectivity index (χ4v) is 4.69. The average molecular weight is 496 g/mol. The summed E-state index contributed by atoms with van der Waals surface area (Å²) in [4.78, 5) is 42.7. The highest BCUT2D eigenvalue weighted by Crippen LogP contribution is 2.23. The van der Waals surface area contributed by atoms with Crippen molar-refractivity contribution in [3.05, 3.63) is 39.9 Å². The van der Waals surface area contributed by atoms with Crippen LogP contribution in [0.2, 0.25) is 10.0 Å². The molecule has 2 aliphatic rings. The van der Waals surface area contributed by atoms with Crippen LogP contribution in [0, 0.1) is 0 Å². The molecule has 9 heteroatoms. The van der Waals surface area contributed by atoms with E-state index in [0.29, 0.717) is 23.0 Å². The Morgan fingerprint density at radius 1 is 1.03 bits per heavy atom. The second kappa shape index (κ2) is 12.4. The van der Waals surface area contributed by atoms with Crippen LogP contribution in [0.3, 0.4) is 0 Å². The molecule has 33 heavy (non-hydrogen) atoms. The molecule has 2 amide bonds. The Labute approximate surface area is 204 Å². The number of piperidine rings is 1. The molecule has 2 saturated heterocycles. The van der Waals surface area contributed by atoms with Gasteiger partial charge >= 0.3 is 5.97 Å². The van der Waals surface area contributed by atoms with Crippen molar-refractivity contribution >= 4 is 47.1 Å². The summed E-state index contributed by atoms with van der Waals surface area (Å²) in [6, 6.07) is 4.23. The Hall–Kier alpha value is -2.09. The van der Waals surface area contributed by atoms with Gasteiger partial charge in [-0.05, 0) is 69.1 Å². The number of nitrogens with zero attached hydrogens (tertiary/aromatic N) is 3. The van der Waals surface area contributed by atoms with Crippen molar-refractivity contribution in [2.45, 2.75) is 44.6 Å². The van der Waals surface area contributed by atoms with E-state index in [1.165, 1.54) is 30.2 Å². The van der Waals surface area contributed by atoms with Gasteiger partial charge in [0, 0.05) is 32.1 Å². The van der Waals surface area contributed by atoms with E-state index >= 15 is 0 Å². The van der Waals surface area contributed by atoms with Crippen LogP contribution >= 0.6 is 23.2 Å². The van der Waals surface area contributed by atoms with E-state index in [0.717, 1.165) is 31.6 Å². The second-order valence-electron chi connectivity index (χ2n) is 8.57. The SMILES string of the molecule is O=C(O)C(CCCN1CCCCC1)N1CCN(C(=O)C=Cc2ccc(Cl)c(Cl)c2)CCC1=O. The lowest BCUT2D eigenvalue weighted by Crippen LogP contribution is -2.46. The van der Waals surface area contributed by atoms with Gasteiger partial charge in [-0.15, -0.1) is 0 Å². The van der Waals surface area contributed by atoms with Gasteiger partial charge in [0.1, 0.15) is 6.04 Å². The third-order valence-electron chi connectivity index (χ3n) is 6.26. The highest BCUT2D eigenvalue weighted by Gasteiger charge is 2.32. The van der Waals surface area contributed by atoms with E-state index in [-0.39, 0.29) is 31.3 Å². The molecule has 0 radical (unpaired) electrons. The number of rotatable bonds is 8. The topological polar surface area (TPSA) is 81.2 Å². The highest BCUT2D eigenvalue weighted by molar-refractivity contribution is 6.42. The Morgan fingerprint density at radius 3 is 2.48 bits per heavy atom. The van der Waals surface area contributed by atoms with Crippen molar-refractivity contribution in [2.75, 3.05) is 39.3 Å². The van der Waals surface area contributed by atoms with E-state index in [1.54, 1.807) is 29.2 Å². The first-order valence-corrected chi connectivity index (χ1v) is 12.3. The maximum absolute atomic E-state index is 12.7. The first-order valence-electron chi connectivity index (χ1n) is 11.5. The van der Waals surface area contributed by atoms with Crippen molar-refractivity contribution < 1.29 is 19.5 Å².